The fourth-order valence-electron chi connectivity index (χ4n) is 5.01. The first-order chi connectivity index (χ1) is 19.1. The highest BCUT2D eigenvalue weighted by Crippen LogP contribution is 2.33. The van der Waals surface area contributed by atoms with Crippen LogP contribution in [0.25, 0.3) is 0 Å². The number of Topliss-reactive ketones (excluding diaryl/α,β-unsaturated/α-hetero) is 1. The SMILES string of the molecule is COc1ccc(C[C@H](NC(=O)[C@@H](C)NC(=O)c2cnc(C)s2)C(=O)N[C@@H](CC2CCCC2)C(=O)[C@@]2(C)CO2)cc1. The first kappa shape index (κ1) is 29.7. The number of aromatic nitrogens is 1. The van der Waals surface area contributed by atoms with E-state index in [9.17, 15) is 19.2 Å². The van der Waals surface area contributed by atoms with Crippen molar-refractivity contribution in [3.63, 3.8) is 0 Å². The Balaban J connectivity index is 1.48. The second-order valence-electron chi connectivity index (χ2n) is 10.9. The smallest absolute Gasteiger partial charge is 0.263 e. The van der Waals surface area contributed by atoms with Crippen LogP contribution < -0.4 is 20.7 Å². The fourth-order valence-corrected chi connectivity index (χ4v) is 5.69. The number of carbonyl (C=O) groups is 4. The molecule has 2 heterocycles. The number of ether oxygens (including phenoxy) is 2. The van der Waals surface area contributed by atoms with Crippen molar-refractivity contribution in [2.75, 3.05) is 13.7 Å². The quantitative estimate of drug-likeness (QED) is 0.315. The van der Waals surface area contributed by atoms with Crippen LogP contribution in [0.4, 0.5) is 0 Å². The number of rotatable bonds is 13. The normalized spacial score (nSPS) is 20.7. The summed E-state index contributed by atoms with van der Waals surface area (Å²) in [7, 11) is 1.57. The molecule has 1 aromatic carbocycles. The molecular weight excluding hydrogens is 532 g/mol. The number of carbonyl (C=O) groups excluding carboxylic acids is 4. The van der Waals surface area contributed by atoms with E-state index in [1.807, 2.05) is 12.1 Å². The van der Waals surface area contributed by atoms with E-state index in [0.717, 1.165) is 36.3 Å². The molecule has 1 aromatic heterocycles. The third kappa shape index (κ3) is 7.66. The Kier molecular flexibility index (Phi) is 9.57. The van der Waals surface area contributed by atoms with Gasteiger partial charge in [-0.3, -0.25) is 19.2 Å². The predicted octanol–water partition coefficient (Wildman–Crippen LogP) is 2.73. The van der Waals surface area contributed by atoms with Crippen molar-refractivity contribution in [3.05, 3.63) is 45.9 Å². The van der Waals surface area contributed by atoms with Crippen LogP contribution >= 0.6 is 11.3 Å². The van der Waals surface area contributed by atoms with E-state index in [1.165, 1.54) is 17.5 Å². The highest BCUT2D eigenvalue weighted by Gasteiger charge is 2.50. The lowest BCUT2D eigenvalue weighted by Gasteiger charge is -2.26. The molecule has 1 aliphatic heterocycles. The van der Waals surface area contributed by atoms with Crippen molar-refractivity contribution in [2.45, 2.75) is 83.0 Å². The number of ketones is 1. The number of aryl methyl sites for hydroxylation is 1. The summed E-state index contributed by atoms with van der Waals surface area (Å²) in [6.07, 6.45) is 6.50. The number of hydrogen-bond donors (Lipinski definition) is 3. The molecule has 11 heteroatoms. The van der Waals surface area contributed by atoms with E-state index in [0.29, 0.717) is 29.6 Å². The highest BCUT2D eigenvalue weighted by atomic mass is 32.1. The van der Waals surface area contributed by atoms with Gasteiger partial charge in [0.15, 0.2) is 5.78 Å². The van der Waals surface area contributed by atoms with Gasteiger partial charge in [0.05, 0.1) is 31.0 Å². The number of nitrogens with zero attached hydrogens (tertiary/aromatic N) is 1. The van der Waals surface area contributed by atoms with Crippen LogP contribution in [0.5, 0.6) is 5.75 Å². The molecule has 2 fully saturated rings. The lowest BCUT2D eigenvalue weighted by atomic mass is 9.90. The Bertz CT molecular complexity index is 1220. The number of hydrogen-bond acceptors (Lipinski definition) is 8. The van der Waals surface area contributed by atoms with Crippen molar-refractivity contribution >= 4 is 34.8 Å². The summed E-state index contributed by atoms with van der Waals surface area (Å²) in [5.41, 5.74) is -0.0757. The van der Waals surface area contributed by atoms with Crippen molar-refractivity contribution < 1.29 is 28.7 Å². The maximum absolute atomic E-state index is 13.7. The maximum Gasteiger partial charge on any atom is 0.263 e. The standard InChI is InChI=1S/C29H38N4O6S/c1-17(31-28(37)24-15-30-18(2)40-24)26(35)33-23(14-20-9-11-21(38-4)12-10-20)27(36)32-22(13-19-7-5-6-8-19)25(34)29(3)16-39-29/h9-12,15,17,19,22-23H,5-8,13-14,16H2,1-4H3,(H,31,37)(H,32,36)(H,33,35)/t17-,22+,23+,29-/m1/s1. The number of thiazole rings is 1. The van der Waals surface area contributed by atoms with Crippen LogP contribution in [0.15, 0.2) is 30.5 Å². The second kappa shape index (κ2) is 12.9. The van der Waals surface area contributed by atoms with Gasteiger partial charge in [0.2, 0.25) is 11.8 Å². The average molecular weight is 571 g/mol. The summed E-state index contributed by atoms with van der Waals surface area (Å²) in [6, 6.07) is 4.62. The molecule has 0 spiro atoms. The number of amides is 3. The van der Waals surface area contributed by atoms with Crippen LogP contribution in [0.3, 0.4) is 0 Å². The third-order valence-electron chi connectivity index (χ3n) is 7.59. The fraction of sp³-hybridized carbons (Fsp3) is 0.552. The minimum Gasteiger partial charge on any atom is -0.497 e. The maximum atomic E-state index is 13.7. The van der Waals surface area contributed by atoms with Gasteiger partial charge in [0, 0.05) is 6.42 Å². The Morgan fingerprint density at radius 2 is 1.73 bits per heavy atom. The van der Waals surface area contributed by atoms with E-state index in [2.05, 4.69) is 20.9 Å². The van der Waals surface area contributed by atoms with Gasteiger partial charge in [0.25, 0.3) is 5.91 Å². The number of benzene rings is 1. The van der Waals surface area contributed by atoms with Gasteiger partial charge >= 0.3 is 0 Å². The zero-order valence-corrected chi connectivity index (χ0v) is 24.3. The van der Waals surface area contributed by atoms with Crippen molar-refractivity contribution in [1.82, 2.24) is 20.9 Å². The first-order valence-electron chi connectivity index (χ1n) is 13.7. The molecule has 1 aliphatic carbocycles. The zero-order valence-electron chi connectivity index (χ0n) is 23.5. The minimum atomic E-state index is -0.974. The van der Waals surface area contributed by atoms with E-state index in [4.69, 9.17) is 9.47 Å². The molecule has 1 saturated heterocycles. The average Bonchev–Trinajstić information content (AvgIpc) is 3.28. The van der Waals surface area contributed by atoms with E-state index < -0.39 is 41.4 Å². The molecule has 0 radical (unpaired) electrons. The van der Waals surface area contributed by atoms with Gasteiger partial charge in [0.1, 0.15) is 28.3 Å². The second-order valence-corrected chi connectivity index (χ2v) is 12.1. The van der Waals surface area contributed by atoms with Gasteiger partial charge in [-0.25, -0.2) is 4.98 Å². The molecule has 2 aromatic rings. The summed E-state index contributed by atoms with van der Waals surface area (Å²) in [5, 5.41) is 9.15. The van der Waals surface area contributed by atoms with Gasteiger partial charge < -0.3 is 25.4 Å². The van der Waals surface area contributed by atoms with Gasteiger partial charge in [-0.2, -0.15) is 0 Å². The Hall–Kier alpha value is -3.31. The lowest BCUT2D eigenvalue weighted by Crippen LogP contribution is -2.57. The molecule has 40 heavy (non-hydrogen) atoms. The third-order valence-corrected chi connectivity index (χ3v) is 8.50. The summed E-state index contributed by atoms with van der Waals surface area (Å²) in [6.45, 7) is 5.43. The first-order valence-corrected chi connectivity index (χ1v) is 14.5. The van der Waals surface area contributed by atoms with Gasteiger partial charge in [-0.05, 0) is 50.8 Å². The summed E-state index contributed by atoms with van der Waals surface area (Å²) >= 11 is 1.23. The van der Waals surface area contributed by atoms with Crippen LogP contribution in [0, 0.1) is 12.8 Å². The van der Waals surface area contributed by atoms with Crippen LogP contribution in [-0.4, -0.2) is 65.9 Å². The molecule has 4 atom stereocenters. The topological polar surface area (TPSA) is 139 Å². The minimum absolute atomic E-state index is 0.136. The molecule has 0 unspecified atom stereocenters. The molecule has 10 nitrogen and oxygen atoms in total. The predicted molar refractivity (Wildman–Crippen MR) is 150 cm³/mol. The monoisotopic (exact) mass is 570 g/mol. The van der Waals surface area contributed by atoms with E-state index in [1.54, 1.807) is 40.0 Å². The van der Waals surface area contributed by atoms with Crippen LogP contribution in [0.1, 0.15) is 66.2 Å². The largest absolute Gasteiger partial charge is 0.497 e. The van der Waals surface area contributed by atoms with Crippen molar-refractivity contribution in [1.29, 1.82) is 0 Å². The number of nitrogens with one attached hydrogen (secondary N) is 3. The number of epoxide rings is 1. The van der Waals surface area contributed by atoms with Crippen LogP contribution in [0.2, 0.25) is 0 Å². The Morgan fingerprint density at radius 3 is 2.30 bits per heavy atom. The molecule has 216 valence electrons. The van der Waals surface area contributed by atoms with Crippen molar-refractivity contribution in [2.24, 2.45) is 5.92 Å². The summed E-state index contributed by atoms with van der Waals surface area (Å²) in [5.74, 6) is -0.493. The van der Waals surface area contributed by atoms with E-state index in [-0.39, 0.29) is 12.2 Å². The zero-order chi connectivity index (χ0) is 28.9. The van der Waals surface area contributed by atoms with Gasteiger partial charge in [-0.1, -0.05) is 37.8 Å². The molecular formula is C29H38N4O6S. The molecule has 3 N–H and O–H groups in total. The van der Waals surface area contributed by atoms with E-state index >= 15 is 0 Å². The highest BCUT2D eigenvalue weighted by molar-refractivity contribution is 7.13. The Labute approximate surface area is 238 Å². The number of methoxy groups -OCH3 is 1. The lowest BCUT2D eigenvalue weighted by molar-refractivity contribution is -0.133. The van der Waals surface area contributed by atoms with Crippen molar-refractivity contribution in [3.8, 4) is 5.75 Å². The molecule has 0 bridgehead atoms. The van der Waals surface area contributed by atoms with Gasteiger partial charge in [-0.15, -0.1) is 11.3 Å². The molecule has 1 saturated carbocycles. The van der Waals surface area contributed by atoms with Crippen LogP contribution in [-0.2, 0) is 25.5 Å². The summed E-state index contributed by atoms with van der Waals surface area (Å²) in [4.78, 5) is 57.2. The Morgan fingerprint density at radius 1 is 1.07 bits per heavy atom. The molecule has 2 aliphatic rings. The summed E-state index contributed by atoms with van der Waals surface area (Å²) < 4.78 is 10.6. The molecule has 4 rings (SSSR count). The molecule has 3 amide bonds.